The Balaban J connectivity index is 2.21. The molecule has 10 atom stereocenters. The largest absolute Gasteiger partial charge is 0.462 e. The molecule has 15 nitrogen and oxygen atoms in total. The number of hydrogen-bond acceptors (Lipinski definition) is 15. The van der Waals surface area contributed by atoms with Gasteiger partial charge in [-0.2, -0.15) is 0 Å². The average Bonchev–Trinajstić information content (AvgIpc) is 3.71. The molecule has 4 rings (SSSR count). The fourth-order valence-electron chi connectivity index (χ4n) is 8.43. The molecule has 0 aromatic heterocycles. The van der Waals surface area contributed by atoms with Crippen molar-refractivity contribution in [1.82, 2.24) is 0 Å². The summed E-state index contributed by atoms with van der Waals surface area (Å²) in [5.41, 5.74) is -6.34. The zero-order chi connectivity index (χ0) is 35.4. The van der Waals surface area contributed by atoms with Gasteiger partial charge in [0.25, 0.3) is 0 Å². The van der Waals surface area contributed by atoms with Gasteiger partial charge in [0.1, 0.15) is 42.2 Å². The second kappa shape index (κ2) is 12.5. The lowest BCUT2D eigenvalue weighted by Crippen LogP contribution is -2.76. The number of epoxide rings is 1. The van der Waals surface area contributed by atoms with Crippen LogP contribution in [-0.2, 0) is 61.9 Å². The number of aliphatic hydroxyl groups excluding tert-OH is 1. The van der Waals surface area contributed by atoms with Crippen LogP contribution in [-0.4, -0.2) is 107 Å². The van der Waals surface area contributed by atoms with Crippen LogP contribution in [0.1, 0.15) is 75.2 Å². The van der Waals surface area contributed by atoms with E-state index in [1.165, 1.54) is 13.8 Å². The first-order valence-corrected chi connectivity index (χ1v) is 15.4. The molecule has 10 unspecified atom stereocenters. The number of carbonyl (C=O) groups is 6. The van der Waals surface area contributed by atoms with Crippen LogP contribution < -0.4 is 0 Å². The van der Waals surface area contributed by atoms with Crippen LogP contribution in [0.5, 0.6) is 0 Å². The molecule has 3 aliphatic carbocycles. The number of rotatable bonds is 7. The summed E-state index contributed by atoms with van der Waals surface area (Å²) in [4.78, 5) is 76.3. The highest BCUT2D eigenvalue weighted by molar-refractivity contribution is 5.72. The zero-order valence-electron chi connectivity index (χ0n) is 28.1. The van der Waals surface area contributed by atoms with Crippen molar-refractivity contribution in [1.29, 1.82) is 0 Å². The fraction of sp³-hybridized carbons (Fsp3) is 0.750. The molecule has 3 fully saturated rings. The van der Waals surface area contributed by atoms with E-state index in [2.05, 4.69) is 0 Å². The molecule has 47 heavy (non-hydrogen) atoms. The molecule has 15 heteroatoms. The lowest BCUT2D eigenvalue weighted by molar-refractivity contribution is -0.285. The Labute approximate surface area is 272 Å². The highest BCUT2D eigenvalue weighted by Gasteiger charge is 2.80. The minimum absolute atomic E-state index is 0.0742. The van der Waals surface area contributed by atoms with E-state index in [-0.39, 0.29) is 25.0 Å². The van der Waals surface area contributed by atoms with Gasteiger partial charge < -0.3 is 43.4 Å². The van der Waals surface area contributed by atoms with Crippen LogP contribution in [0.2, 0.25) is 0 Å². The minimum Gasteiger partial charge on any atom is -0.462 e. The normalized spacial score (nSPS) is 38.5. The van der Waals surface area contributed by atoms with Crippen LogP contribution in [0.25, 0.3) is 0 Å². The zero-order valence-corrected chi connectivity index (χ0v) is 28.1. The Kier molecular flexibility index (Phi) is 9.63. The summed E-state index contributed by atoms with van der Waals surface area (Å²) in [7, 11) is 0. The topological polar surface area (TPSA) is 211 Å². The number of hydrogen-bond donors (Lipinski definition) is 2. The molecular formula is C32H44O15. The Morgan fingerprint density at radius 1 is 0.766 bits per heavy atom. The molecule has 1 saturated heterocycles. The van der Waals surface area contributed by atoms with E-state index in [1.807, 2.05) is 0 Å². The third-order valence-electron chi connectivity index (χ3n) is 10.3. The monoisotopic (exact) mass is 668 g/mol. The van der Waals surface area contributed by atoms with Gasteiger partial charge in [0.05, 0.1) is 12.0 Å². The fourth-order valence-corrected chi connectivity index (χ4v) is 8.43. The first-order chi connectivity index (χ1) is 21.7. The van der Waals surface area contributed by atoms with Gasteiger partial charge in [-0.1, -0.05) is 20.8 Å². The molecule has 2 saturated carbocycles. The van der Waals surface area contributed by atoms with Gasteiger partial charge in [0.2, 0.25) is 0 Å². The van der Waals surface area contributed by atoms with E-state index in [0.29, 0.717) is 5.57 Å². The predicted molar refractivity (Wildman–Crippen MR) is 156 cm³/mol. The smallest absolute Gasteiger partial charge is 0.332 e. The summed E-state index contributed by atoms with van der Waals surface area (Å²) in [5.74, 6) is -6.21. The Morgan fingerprint density at radius 3 is 1.72 bits per heavy atom. The third kappa shape index (κ3) is 6.01. The molecule has 262 valence electrons. The van der Waals surface area contributed by atoms with E-state index < -0.39 is 107 Å². The van der Waals surface area contributed by atoms with Crippen molar-refractivity contribution >= 4 is 35.8 Å². The second-order valence-electron chi connectivity index (χ2n) is 13.6. The summed E-state index contributed by atoms with van der Waals surface area (Å²) >= 11 is 0. The molecule has 0 amide bonds. The van der Waals surface area contributed by atoms with Gasteiger partial charge in [-0.15, -0.1) is 0 Å². The van der Waals surface area contributed by atoms with Crippen molar-refractivity contribution in [2.24, 2.45) is 16.7 Å². The van der Waals surface area contributed by atoms with Gasteiger partial charge >= 0.3 is 35.8 Å². The molecule has 2 N–H and O–H groups in total. The van der Waals surface area contributed by atoms with E-state index in [1.54, 1.807) is 27.7 Å². The van der Waals surface area contributed by atoms with E-state index in [0.717, 1.165) is 20.8 Å². The highest BCUT2D eigenvalue weighted by atomic mass is 16.6. The standard InChI is InChI=1S/C32H44O15/c1-14-20(42-15(2)34)11-32(40)28(46-19(6)38)26-30(9,21(43-16(3)35)10-22(44-17(4)36)31(26)13-41-31)27(45-18(5)37)25(47-23(39)12-33)24(14)29(32,7)8/h20-22,25-28,33,40H,10-13H2,1-9H3. The first kappa shape index (κ1) is 36.3. The molecule has 0 aromatic rings. The Bertz CT molecular complexity index is 1380. The summed E-state index contributed by atoms with van der Waals surface area (Å²) < 4.78 is 41.3. The van der Waals surface area contributed by atoms with Gasteiger partial charge in [-0.3, -0.25) is 24.0 Å². The Morgan fingerprint density at radius 2 is 1.26 bits per heavy atom. The average molecular weight is 669 g/mol. The number of carbonyl (C=O) groups excluding carboxylic acids is 6. The van der Waals surface area contributed by atoms with Gasteiger partial charge in [0, 0.05) is 58.8 Å². The molecule has 0 aromatic carbocycles. The molecule has 1 spiro atoms. The number of aliphatic hydroxyl groups is 2. The van der Waals surface area contributed by atoms with Crippen molar-refractivity contribution in [3.63, 3.8) is 0 Å². The van der Waals surface area contributed by atoms with Gasteiger partial charge in [-0.05, 0) is 18.1 Å². The summed E-state index contributed by atoms with van der Waals surface area (Å²) in [6, 6.07) is 0. The SMILES string of the molecule is CC(=O)OC1CC2(O)C(OC(C)=O)C3C4(CO4)C(OC(C)=O)CC(OC(C)=O)C3(C)C(OC(C)=O)C(OC(=O)CO)C(=C1C)C2(C)C. The van der Waals surface area contributed by atoms with E-state index in [4.69, 9.17) is 33.2 Å². The molecule has 2 bridgehead atoms. The maximum absolute atomic E-state index is 13.1. The number of esters is 6. The third-order valence-corrected chi connectivity index (χ3v) is 10.3. The maximum atomic E-state index is 13.1. The number of fused-ring (bicyclic) bond motifs is 4. The van der Waals surface area contributed by atoms with Crippen LogP contribution >= 0.6 is 0 Å². The summed E-state index contributed by atoms with van der Waals surface area (Å²) in [5, 5.41) is 22.9. The highest BCUT2D eigenvalue weighted by Crippen LogP contribution is 2.67. The van der Waals surface area contributed by atoms with Crippen LogP contribution in [0, 0.1) is 16.7 Å². The molecule has 0 radical (unpaired) electrons. The van der Waals surface area contributed by atoms with Crippen molar-refractivity contribution in [2.75, 3.05) is 13.2 Å². The lowest BCUT2D eigenvalue weighted by atomic mass is 9.45. The lowest BCUT2D eigenvalue weighted by Gasteiger charge is -2.64. The van der Waals surface area contributed by atoms with Crippen LogP contribution in [0.3, 0.4) is 0 Å². The van der Waals surface area contributed by atoms with E-state index >= 15 is 0 Å². The van der Waals surface area contributed by atoms with Crippen molar-refractivity contribution in [3.8, 4) is 0 Å². The second-order valence-corrected chi connectivity index (χ2v) is 13.6. The maximum Gasteiger partial charge on any atom is 0.332 e. The quantitative estimate of drug-likeness (QED) is 0.167. The molecule has 4 aliphatic rings. The summed E-state index contributed by atoms with van der Waals surface area (Å²) in [6.45, 7) is 11.0. The Hall–Kier alpha value is -3.56. The molecular weight excluding hydrogens is 624 g/mol. The minimum atomic E-state index is -2.15. The summed E-state index contributed by atoms with van der Waals surface area (Å²) in [6.07, 6.45) is -8.74. The van der Waals surface area contributed by atoms with Crippen molar-refractivity contribution in [3.05, 3.63) is 11.1 Å². The van der Waals surface area contributed by atoms with Crippen molar-refractivity contribution < 1.29 is 72.1 Å². The van der Waals surface area contributed by atoms with Crippen molar-refractivity contribution in [2.45, 2.75) is 123 Å². The van der Waals surface area contributed by atoms with Gasteiger partial charge in [-0.25, -0.2) is 4.79 Å². The van der Waals surface area contributed by atoms with Crippen LogP contribution in [0.4, 0.5) is 0 Å². The molecule has 1 aliphatic heterocycles. The van der Waals surface area contributed by atoms with Gasteiger partial charge in [0.15, 0.2) is 12.2 Å². The van der Waals surface area contributed by atoms with E-state index in [9.17, 15) is 39.0 Å². The number of ether oxygens (including phenoxy) is 7. The molecule has 1 heterocycles. The van der Waals surface area contributed by atoms with Crippen LogP contribution in [0.15, 0.2) is 11.1 Å². The predicted octanol–water partition coefficient (Wildman–Crippen LogP) is 0.835. The first-order valence-electron chi connectivity index (χ1n) is 15.4.